The minimum Gasteiger partial charge on any atom is -0.478 e. The van der Waals surface area contributed by atoms with Crippen LogP contribution >= 0.6 is 0 Å². The number of carbonyl (C=O) groups is 2. The molecule has 0 atom stereocenters. The molecule has 0 aromatic heterocycles. The zero-order valence-corrected chi connectivity index (χ0v) is 10.6. The highest BCUT2D eigenvalue weighted by molar-refractivity contribution is 6.04. The number of amides is 1. The van der Waals surface area contributed by atoms with E-state index in [2.05, 4.69) is 5.32 Å². The highest BCUT2D eigenvalue weighted by atomic mass is 16.4. The molecule has 5 nitrogen and oxygen atoms in total. The van der Waals surface area contributed by atoms with E-state index in [1.54, 1.807) is 12.1 Å². The predicted molar refractivity (Wildman–Crippen MR) is 69.2 cm³/mol. The molecule has 1 amide bonds. The zero-order valence-electron chi connectivity index (χ0n) is 10.6. The van der Waals surface area contributed by atoms with Crippen molar-refractivity contribution in [1.82, 2.24) is 5.32 Å². The molecule has 1 aromatic rings. The van der Waals surface area contributed by atoms with Gasteiger partial charge >= 0.3 is 5.97 Å². The monoisotopic (exact) mass is 263 g/mol. The van der Waals surface area contributed by atoms with E-state index in [9.17, 15) is 14.7 Å². The number of carboxylic acids is 1. The molecule has 1 aromatic carbocycles. The van der Waals surface area contributed by atoms with E-state index < -0.39 is 17.5 Å². The van der Waals surface area contributed by atoms with Crippen LogP contribution in [0.3, 0.4) is 0 Å². The maximum Gasteiger partial charge on any atom is 0.336 e. The van der Waals surface area contributed by atoms with Crippen LogP contribution in [0.25, 0.3) is 0 Å². The molecule has 1 fully saturated rings. The van der Waals surface area contributed by atoms with Crippen molar-refractivity contribution in [2.24, 2.45) is 0 Å². The molecule has 0 spiro atoms. The molecule has 0 radical (unpaired) electrons. The standard InChI is InChI=1S/C14H17NO4/c16-12(15-9-14(19)7-3-4-8-14)10-5-1-2-6-11(10)13(17)18/h1-2,5-6,19H,3-4,7-9H2,(H,15,16)(H,17,18). The third kappa shape index (κ3) is 3.12. The van der Waals surface area contributed by atoms with Crippen LogP contribution in [-0.4, -0.2) is 34.2 Å². The first-order valence-electron chi connectivity index (χ1n) is 6.35. The van der Waals surface area contributed by atoms with Gasteiger partial charge in [-0.05, 0) is 25.0 Å². The Morgan fingerprint density at radius 3 is 2.32 bits per heavy atom. The van der Waals surface area contributed by atoms with Crippen LogP contribution in [0.2, 0.25) is 0 Å². The lowest BCUT2D eigenvalue weighted by Crippen LogP contribution is -2.41. The van der Waals surface area contributed by atoms with Gasteiger partial charge in [0, 0.05) is 6.54 Å². The van der Waals surface area contributed by atoms with Gasteiger partial charge in [-0.2, -0.15) is 0 Å². The Morgan fingerprint density at radius 1 is 1.16 bits per heavy atom. The first-order chi connectivity index (χ1) is 9.02. The number of hydrogen-bond acceptors (Lipinski definition) is 3. The lowest BCUT2D eigenvalue weighted by atomic mass is 10.0. The van der Waals surface area contributed by atoms with Gasteiger partial charge in [-0.25, -0.2) is 4.79 Å². The Balaban J connectivity index is 2.06. The minimum atomic E-state index is -1.13. The highest BCUT2D eigenvalue weighted by Gasteiger charge is 2.31. The highest BCUT2D eigenvalue weighted by Crippen LogP contribution is 2.28. The third-order valence-electron chi connectivity index (χ3n) is 3.51. The number of aromatic carboxylic acids is 1. The lowest BCUT2D eigenvalue weighted by Gasteiger charge is -2.22. The second-order valence-corrected chi connectivity index (χ2v) is 4.96. The Kier molecular flexibility index (Phi) is 3.85. The van der Waals surface area contributed by atoms with Crippen molar-refractivity contribution in [3.05, 3.63) is 35.4 Å². The summed E-state index contributed by atoms with van der Waals surface area (Å²) < 4.78 is 0. The van der Waals surface area contributed by atoms with Gasteiger partial charge in [0.25, 0.3) is 5.91 Å². The number of aliphatic hydroxyl groups is 1. The second kappa shape index (κ2) is 5.40. The number of carbonyl (C=O) groups excluding carboxylic acids is 1. The predicted octanol–water partition coefficient (Wildman–Crippen LogP) is 1.42. The molecular weight excluding hydrogens is 246 g/mol. The van der Waals surface area contributed by atoms with Gasteiger partial charge in [-0.3, -0.25) is 4.79 Å². The summed E-state index contributed by atoms with van der Waals surface area (Å²) in [6, 6.07) is 6.05. The van der Waals surface area contributed by atoms with Crippen molar-refractivity contribution >= 4 is 11.9 Å². The molecule has 19 heavy (non-hydrogen) atoms. The molecule has 3 N–H and O–H groups in total. The molecule has 102 valence electrons. The number of nitrogens with one attached hydrogen (secondary N) is 1. The summed E-state index contributed by atoms with van der Waals surface area (Å²) in [5.74, 6) is -1.59. The third-order valence-corrected chi connectivity index (χ3v) is 3.51. The Labute approximate surface area is 111 Å². The van der Waals surface area contributed by atoms with Crippen LogP contribution in [0.15, 0.2) is 24.3 Å². The SMILES string of the molecule is O=C(O)c1ccccc1C(=O)NCC1(O)CCCC1. The molecule has 0 aliphatic heterocycles. The smallest absolute Gasteiger partial charge is 0.336 e. The van der Waals surface area contributed by atoms with E-state index in [0.29, 0.717) is 12.8 Å². The topological polar surface area (TPSA) is 86.6 Å². The fourth-order valence-electron chi connectivity index (χ4n) is 2.42. The number of hydrogen-bond donors (Lipinski definition) is 3. The number of rotatable bonds is 4. The molecule has 0 bridgehead atoms. The number of benzene rings is 1. The Bertz CT molecular complexity index is 492. The van der Waals surface area contributed by atoms with Gasteiger partial charge in [0.15, 0.2) is 0 Å². The van der Waals surface area contributed by atoms with Gasteiger partial charge in [0.1, 0.15) is 0 Å². The molecule has 1 aliphatic rings. The first kappa shape index (κ1) is 13.5. The Morgan fingerprint density at radius 2 is 1.74 bits per heavy atom. The fourth-order valence-corrected chi connectivity index (χ4v) is 2.42. The van der Waals surface area contributed by atoms with Crippen LogP contribution in [0.4, 0.5) is 0 Å². The van der Waals surface area contributed by atoms with Crippen molar-refractivity contribution in [1.29, 1.82) is 0 Å². The van der Waals surface area contributed by atoms with Crippen molar-refractivity contribution in [2.75, 3.05) is 6.54 Å². The molecule has 0 unspecified atom stereocenters. The van der Waals surface area contributed by atoms with Crippen molar-refractivity contribution in [2.45, 2.75) is 31.3 Å². The molecular formula is C14H17NO4. The summed E-state index contributed by atoms with van der Waals surface area (Å²) >= 11 is 0. The summed E-state index contributed by atoms with van der Waals surface area (Å²) in [6.45, 7) is 0.166. The lowest BCUT2D eigenvalue weighted by molar-refractivity contribution is 0.0449. The average molecular weight is 263 g/mol. The van der Waals surface area contributed by atoms with Gasteiger partial charge in [-0.1, -0.05) is 25.0 Å². The summed E-state index contributed by atoms with van der Waals surface area (Å²) in [7, 11) is 0. The Hall–Kier alpha value is -1.88. The molecule has 1 saturated carbocycles. The van der Waals surface area contributed by atoms with Gasteiger partial charge in [-0.15, -0.1) is 0 Å². The van der Waals surface area contributed by atoms with Crippen molar-refractivity contribution < 1.29 is 19.8 Å². The summed E-state index contributed by atoms with van der Waals surface area (Å²) in [5.41, 5.74) is -0.747. The number of carboxylic acid groups (broad SMARTS) is 1. The van der Waals surface area contributed by atoms with Crippen molar-refractivity contribution in [3.8, 4) is 0 Å². The summed E-state index contributed by atoms with van der Waals surface area (Å²) in [5, 5.41) is 21.8. The van der Waals surface area contributed by atoms with Crippen LogP contribution in [0.1, 0.15) is 46.4 Å². The van der Waals surface area contributed by atoms with Crippen LogP contribution in [-0.2, 0) is 0 Å². The first-order valence-corrected chi connectivity index (χ1v) is 6.35. The van der Waals surface area contributed by atoms with E-state index in [1.807, 2.05) is 0 Å². The summed E-state index contributed by atoms with van der Waals surface area (Å²) in [4.78, 5) is 23.0. The van der Waals surface area contributed by atoms with Gasteiger partial charge in [0.2, 0.25) is 0 Å². The van der Waals surface area contributed by atoms with E-state index in [0.717, 1.165) is 12.8 Å². The van der Waals surface area contributed by atoms with Gasteiger partial charge in [0.05, 0.1) is 16.7 Å². The normalized spacial score (nSPS) is 17.1. The van der Waals surface area contributed by atoms with Crippen molar-refractivity contribution in [3.63, 3.8) is 0 Å². The van der Waals surface area contributed by atoms with Crippen LogP contribution in [0.5, 0.6) is 0 Å². The van der Waals surface area contributed by atoms with Crippen LogP contribution in [0, 0.1) is 0 Å². The van der Waals surface area contributed by atoms with E-state index in [-0.39, 0.29) is 17.7 Å². The molecule has 5 heteroatoms. The largest absolute Gasteiger partial charge is 0.478 e. The average Bonchev–Trinajstić information content (AvgIpc) is 2.83. The van der Waals surface area contributed by atoms with Crippen LogP contribution < -0.4 is 5.32 Å². The zero-order chi connectivity index (χ0) is 13.9. The molecule has 0 saturated heterocycles. The second-order valence-electron chi connectivity index (χ2n) is 4.96. The maximum absolute atomic E-state index is 12.0. The molecule has 1 aliphatic carbocycles. The van der Waals surface area contributed by atoms with E-state index >= 15 is 0 Å². The summed E-state index contributed by atoms with van der Waals surface area (Å²) in [6.07, 6.45) is 3.26. The molecule has 2 rings (SSSR count). The molecule has 0 heterocycles. The minimum absolute atomic E-state index is 0.0292. The quantitative estimate of drug-likeness (QED) is 0.766. The maximum atomic E-state index is 12.0. The van der Waals surface area contributed by atoms with E-state index in [1.165, 1.54) is 12.1 Å². The van der Waals surface area contributed by atoms with E-state index in [4.69, 9.17) is 5.11 Å². The fraction of sp³-hybridized carbons (Fsp3) is 0.429. The van der Waals surface area contributed by atoms with Gasteiger partial charge < -0.3 is 15.5 Å².